The van der Waals surface area contributed by atoms with Gasteiger partial charge in [-0.3, -0.25) is 0 Å². The summed E-state index contributed by atoms with van der Waals surface area (Å²) < 4.78 is 3.56. The number of aryl methyl sites for hydroxylation is 2. The Morgan fingerprint density at radius 3 is 2.71 bits per heavy atom. The fourth-order valence-electron chi connectivity index (χ4n) is 2.92. The molecule has 0 atom stereocenters. The van der Waals surface area contributed by atoms with Gasteiger partial charge in [0.25, 0.3) is 0 Å². The number of rotatable bonds is 1. The van der Waals surface area contributed by atoms with Crippen molar-refractivity contribution in [2.45, 2.75) is 6.92 Å². The Labute approximate surface area is 129 Å². The molecule has 0 amide bonds. The second-order valence-electron chi connectivity index (χ2n) is 5.31. The number of benzene rings is 2. The van der Waals surface area contributed by atoms with Crippen molar-refractivity contribution < 1.29 is 4.57 Å². The monoisotopic (exact) mass is 339 g/mol. The number of hydrogen-bond donors (Lipinski definition) is 0. The van der Waals surface area contributed by atoms with Crippen LogP contribution in [0.25, 0.3) is 31.8 Å². The van der Waals surface area contributed by atoms with E-state index in [-0.39, 0.29) is 0 Å². The van der Waals surface area contributed by atoms with Crippen molar-refractivity contribution in [1.82, 2.24) is 4.98 Å². The zero-order chi connectivity index (χ0) is 14.4. The van der Waals surface area contributed by atoms with E-state index in [2.05, 4.69) is 70.9 Å². The molecule has 0 spiro atoms. The van der Waals surface area contributed by atoms with E-state index in [9.17, 15) is 0 Å². The van der Waals surface area contributed by atoms with Gasteiger partial charge in [0.1, 0.15) is 0 Å². The van der Waals surface area contributed by atoms with Gasteiger partial charge in [0.2, 0.25) is 0 Å². The molecule has 2 aromatic heterocycles. The zero-order valence-electron chi connectivity index (χ0n) is 12.0. The van der Waals surface area contributed by atoms with E-state index in [0.717, 1.165) is 5.52 Å². The van der Waals surface area contributed by atoms with Gasteiger partial charge in [0.15, 0.2) is 0 Å². The van der Waals surface area contributed by atoms with Gasteiger partial charge in [0, 0.05) is 0 Å². The molecule has 0 unspecified atom stereocenters. The summed E-state index contributed by atoms with van der Waals surface area (Å²) in [5.41, 5.74) is 4.94. The van der Waals surface area contributed by atoms with Gasteiger partial charge in [-0.1, -0.05) is 0 Å². The van der Waals surface area contributed by atoms with E-state index in [4.69, 9.17) is 0 Å². The summed E-state index contributed by atoms with van der Waals surface area (Å²) in [7, 11) is 2.07. The number of fused-ring (bicyclic) bond motifs is 3. The molecule has 0 bridgehead atoms. The van der Waals surface area contributed by atoms with Crippen molar-refractivity contribution in [1.29, 1.82) is 0 Å². The minimum atomic E-state index is 0.464. The topological polar surface area (TPSA) is 16.8 Å². The number of hydrogen-bond acceptors (Lipinski definition) is 1. The van der Waals surface area contributed by atoms with Crippen molar-refractivity contribution in [3.05, 3.63) is 59.3 Å². The van der Waals surface area contributed by atoms with Crippen molar-refractivity contribution >= 4 is 35.1 Å². The molecule has 4 aromatic rings. The Balaban J connectivity index is 2.17. The predicted molar refractivity (Wildman–Crippen MR) is 87.5 cm³/mol. The van der Waals surface area contributed by atoms with Crippen LogP contribution < -0.4 is 4.57 Å². The summed E-state index contributed by atoms with van der Waals surface area (Å²) in [4.78, 5) is 6.97. The standard InChI is InChI=1S/C18H15N2Se/c1-12-5-3-4-6-13(12)18-15-7-8-16-14(9-10-21-16)17(15)19-11-20(18)2/h3-11H,1-2H3/q+1. The second kappa shape index (κ2) is 4.80. The summed E-state index contributed by atoms with van der Waals surface area (Å²) in [6.07, 6.45) is 1.93. The second-order valence-corrected chi connectivity index (χ2v) is 7.30. The molecule has 0 saturated carbocycles. The van der Waals surface area contributed by atoms with Crippen LogP contribution in [-0.2, 0) is 7.05 Å². The van der Waals surface area contributed by atoms with Gasteiger partial charge in [-0.15, -0.1) is 0 Å². The molecule has 0 fully saturated rings. The Bertz CT molecular complexity index is 969. The Hall–Kier alpha value is -1.96. The first-order valence-electron chi connectivity index (χ1n) is 6.96. The molecule has 21 heavy (non-hydrogen) atoms. The van der Waals surface area contributed by atoms with Crippen LogP contribution in [0.2, 0.25) is 0 Å². The molecule has 0 saturated heterocycles. The molecule has 2 aromatic carbocycles. The van der Waals surface area contributed by atoms with Gasteiger partial charge in [-0.25, -0.2) is 0 Å². The molecule has 102 valence electrons. The molecular formula is C18H15N2Se+. The number of aromatic nitrogens is 2. The molecule has 0 N–H and O–H groups in total. The van der Waals surface area contributed by atoms with Gasteiger partial charge >= 0.3 is 129 Å². The predicted octanol–water partition coefficient (Wildman–Crippen LogP) is 3.24. The third-order valence-electron chi connectivity index (χ3n) is 3.97. The fourth-order valence-corrected chi connectivity index (χ4v) is 4.58. The van der Waals surface area contributed by atoms with E-state index < -0.39 is 0 Å². The summed E-state index contributed by atoms with van der Waals surface area (Å²) in [6.45, 7) is 2.16. The Morgan fingerprint density at radius 2 is 1.86 bits per heavy atom. The van der Waals surface area contributed by atoms with Crippen LogP contribution in [0.1, 0.15) is 5.56 Å². The summed E-state index contributed by atoms with van der Waals surface area (Å²) in [5.74, 6) is 0. The normalized spacial score (nSPS) is 11.3. The van der Waals surface area contributed by atoms with Gasteiger partial charge in [-0.2, -0.15) is 0 Å². The van der Waals surface area contributed by atoms with Crippen LogP contribution in [0, 0.1) is 6.92 Å². The first-order chi connectivity index (χ1) is 10.3. The molecule has 0 radical (unpaired) electrons. The van der Waals surface area contributed by atoms with E-state index in [1.807, 2.05) is 6.33 Å². The molecule has 4 rings (SSSR count). The zero-order valence-corrected chi connectivity index (χ0v) is 13.7. The quantitative estimate of drug-likeness (QED) is 0.385. The maximum atomic E-state index is 4.69. The van der Waals surface area contributed by atoms with Crippen LogP contribution in [0.4, 0.5) is 0 Å². The van der Waals surface area contributed by atoms with Gasteiger partial charge in [-0.05, 0) is 0 Å². The van der Waals surface area contributed by atoms with Crippen molar-refractivity contribution in [3.8, 4) is 11.3 Å². The van der Waals surface area contributed by atoms with Crippen LogP contribution in [0.5, 0.6) is 0 Å². The van der Waals surface area contributed by atoms with Crippen LogP contribution in [0.15, 0.2) is 53.7 Å². The SMILES string of the molecule is Cc1ccccc1-c1c2ccc3[se]ccc3c2nc[n+]1C. The van der Waals surface area contributed by atoms with Gasteiger partial charge < -0.3 is 0 Å². The van der Waals surface area contributed by atoms with Crippen molar-refractivity contribution in [2.24, 2.45) is 7.05 Å². The third kappa shape index (κ3) is 1.93. The summed E-state index contributed by atoms with van der Waals surface area (Å²) in [6, 6.07) is 15.3. The van der Waals surface area contributed by atoms with E-state index in [1.165, 1.54) is 31.9 Å². The third-order valence-corrected chi connectivity index (χ3v) is 5.83. The average molecular weight is 338 g/mol. The van der Waals surface area contributed by atoms with E-state index in [0.29, 0.717) is 14.5 Å². The van der Waals surface area contributed by atoms with E-state index >= 15 is 0 Å². The number of nitrogens with zero attached hydrogens (tertiary/aromatic N) is 2. The van der Waals surface area contributed by atoms with Crippen LogP contribution >= 0.6 is 0 Å². The molecule has 2 nitrogen and oxygen atoms in total. The average Bonchev–Trinajstić information content (AvgIpc) is 2.97. The van der Waals surface area contributed by atoms with Crippen LogP contribution in [0.3, 0.4) is 0 Å². The Morgan fingerprint density at radius 1 is 1.00 bits per heavy atom. The van der Waals surface area contributed by atoms with Gasteiger partial charge in [0.05, 0.1) is 0 Å². The first-order valence-corrected chi connectivity index (χ1v) is 8.81. The molecule has 3 heteroatoms. The molecule has 0 aliphatic rings. The molecule has 0 aliphatic heterocycles. The fraction of sp³-hybridized carbons (Fsp3) is 0.111. The molecule has 0 aliphatic carbocycles. The van der Waals surface area contributed by atoms with E-state index in [1.54, 1.807) is 0 Å². The maximum absolute atomic E-state index is 4.69. The summed E-state index contributed by atoms with van der Waals surface area (Å²) in [5, 5.41) is 2.54. The van der Waals surface area contributed by atoms with Crippen LogP contribution in [-0.4, -0.2) is 19.5 Å². The first kappa shape index (κ1) is 12.8. The Kier molecular flexibility index (Phi) is 2.91. The summed E-state index contributed by atoms with van der Waals surface area (Å²) >= 11 is 0.464. The molecule has 2 heterocycles. The minimum absolute atomic E-state index is 0.464. The molecular weight excluding hydrogens is 323 g/mol. The van der Waals surface area contributed by atoms with Crippen molar-refractivity contribution in [2.75, 3.05) is 0 Å². The van der Waals surface area contributed by atoms with Crippen molar-refractivity contribution in [3.63, 3.8) is 0 Å².